The van der Waals surface area contributed by atoms with Crippen molar-refractivity contribution in [2.45, 2.75) is 67.7 Å². The highest BCUT2D eigenvalue weighted by Gasteiger charge is 2.34. The third-order valence-electron chi connectivity index (χ3n) is 4.09. The summed E-state index contributed by atoms with van der Waals surface area (Å²) in [7, 11) is 0. The van der Waals surface area contributed by atoms with Gasteiger partial charge >= 0.3 is 5.97 Å². The summed E-state index contributed by atoms with van der Waals surface area (Å²) in [4.78, 5) is 24.6. The summed E-state index contributed by atoms with van der Waals surface area (Å²) in [5, 5.41) is 9.59. The molecule has 0 amide bonds. The molecular weight excluding hydrogens is 288 g/mol. The number of Topliss-reactive ketones (excluding diaryl/α,β-unsaturated/α-hetero) is 1. The van der Waals surface area contributed by atoms with Crippen LogP contribution in [0, 0.1) is 10.8 Å². The van der Waals surface area contributed by atoms with Crippen LogP contribution in [-0.4, -0.2) is 16.9 Å². The largest absolute Gasteiger partial charge is 0.478 e. The van der Waals surface area contributed by atoms with Crippen molar-refractivity contribution in [3.05, 3.63) is 34.4 Å². The zero-order valence-electron chi connectivity index (χ0n) is 15.5. The number of rotatable bonds is 4. The van der Waals surface area contributed by atoms with Gasteiger partial charge in [-0.15, -0.1) is 0 Å². The van der Waals surface area contributed by atoms with Gasteiger partial charge in [-0.2, -0.15) is 0 Å². The van der Waals surface area contributed by atoms with Crippen LogP contribution < -0.4 is 0 Å². The number of carboxylic acids is 1. The standard InChI is InChI=1S/C20H30O3/c1-8-9-10-14(18(22)23)13-11-15(19(2,3)4)17(21)16(12-13)20(5,6)7/h11-12H,8-10H2,1-7H3,(H,22,23). The molecular formula is C20H30O3. The van der Waals surface area contributed by atoms with Gasteiger partial charge in [-0.1, -0.05) is 54.9 Å². The minimum atomic E-state index is -0.892. The Balaban J connectivity index is 3.59. The lowest BCUT2D eigenvalue weighted by atomic mass is 9.71. The fraction of sp³-hybridized carbons (Fsp3) is 0.600. The third-order valence-corrected chi connectivity index (χ3v) is 4.09. The summed E-state index contributed by atoms with van der Waals surface area (Å²) in [6.07, 6.45) is 5.87. The van der Waals surface area contributed by atoms with Crippen LogP contribution in [-0.2, 0) is 9.59 Å². The molecule has 3 nitrogen and oxygen atoms in total. The molecule has 128 valence electrons. The van der Waals surface area contributed by atoms with Crippen LogP contribution in [0.4, 0.5) is 0 Å². The Morgan fingerprint density at radius 2 is 1.43 bits per heavy atom. The van der Waals surface area contributed by atoms with Crippen molar-refractivity contribution < 1.29 is 14.7 Å². The lowest BCUT2D eigenvalue weighted by Gasteiger charge is -2.31. The van der Waals surface area contributed by atoms with Crippen molar-refractivity contribution >= 4 is 11.8 Å². The summed E-state index contributed by atoms with van der Waals surface area (Å²) in [5.41, 5.74) is 1.83. The maximum atomic E-state index is 12.9. The van der Waals surface area contributed by atoms with Crippen molar-refractivity contribution in [2.75, 3.05) is 0 Å². The smallest absolute Gasteiger partial charge is 0.332 e. The van der Waals surface area contributed by atoms with Crippen molar-refractivity contribution in [3.63, 3.8) is 0 Å². The summed E-state index contributed by atoms with van der Waals surface area (Å²) in [5.74, 6) is -0.856. The molecule has 1 aliphatic rings. The molecule has 0 aromatic rings. The molecule has 0 aromatic heterocycles. The summed E-state index contributed by atoms with van der Waals surface area (Å²) in [6, 6.07) is 0. The molecule has 1 N–H and O–H groups in total. The van der Waals surface area contributed by atoms with E-state index in [9.17, 15) is 14.7 Å². The van der Waals surface area contributed by atoms with E-state index in [4.69, 9.17) is 0 Å². The molecule has 0 radical (unpaired) electrons. The molecule has 0 heterocycles. The summed E-state index contributed by atoms with van der Waals surface area (Å²) in [6.45, 7) is 14.0. The molecule has 1 rings (SSSR count). The lowest BCUT2D eigenvalue weighted by Crippen LogP contribution is -2.28. The van der Waals surface area contributed by atoms with E-state index in [1.54, 1.807) is 12.2 Å². The molecule has 0 fully saturated rings. The number of unbranched alkanes of at least 4 members (excludes halogenated alkanes) is 1. The van der Waals surface area contributed by atoms with Crippen LogP contribution >= 0.6 is 0 Å². The Hall–Kier alpha value is -1.64. The molecule has 1 aliphatic carbocycles. The average molecular weight is 318 g/mol. The van der Waals surface area contributed by atoms with E-state index in [0.717, 1.165) is 12.8 Å². The molecule has 0 bridgehead atoms. The zero-order chi connectivity index (χ0) is 18.0. The van der Waals surface area contributed by atoms with E-state index in [-0.39, 0.29) is 16.6 Å². The number of hydrogen-bond acceptors (Lipinski definition) is 2. The Morgan fingerprint density at radius 3 is 1.74 bits per heavy atom. The molecule has 0 aliphatic heterocycles. The van der Waals surface area contributed by atoms with Crippen LogP contribution in [0.2, 0.25) is 0 Å². The fourth-order valence-electron chi connectivity index (χ4n) is 2.65. The van der Waals surface area contributed by atoms with E-state index in [0.29, 0.717) is 28.7 Å². The second kappa shape index (κ2) is 6.86. The van der Waals surface area contributed by atoms with Gasteiger partial charge in [0.1, 0.15) is 0 Å². The van der Waals surface area contributed by atoms with E-state index in [2.05, 4.69) is 0 Å². The van der Waals surface area contributed by atoms with Crippen molar-refractivity contribution in [2.24, 2.45) is 10.8 Å². The lowest BCUT2D eigenvalue weighted by molar-refractivity contribution is -0.132. The molecule has 0 unspecified atom stereocenters. The molecule has 23 heavy (non-hydrogen) atoms. The maximum Gasteiger partial charge on any atom is 0.332 e. The monoisotopic (exact) mass is 318 g/mol. The van der Waals surface area contributed by atoms with Crippen LogP contribution in [0.15, 0.2) is 34.4 Å². The number of carbonyl (C=O) groups excluding carboxylic acids is 1. The Kier molecular flexibility index (Phi) is 5.79. The van der Waals surface area contributed by atoms with Crippen LogP contribution in [0.25, 0.3) is 0 Å². The summed E-state index contributed by atoms with van der Waals surface area (Å²) < 4.78 is 0. The van der Waals surface area contributed by atoms with E-state index < -0.39 is 5.97 Å². The minimum absolute atomic E-state index is 0.0361. The Bertz CT molecular complexity index is 551. The second-order valence-corrected chi connectivity index (χ2v) is 8.29. The van der Waals surface area contributed by atoms with Gasteiger partial charge in [0.2, 0.25) is 0 Å². The molecule has 0 spiro atoms. The van der Waals surface area contributed by atoms with E-state index in [1.165, 1.54) is 0 Å². The zero-order valence-corrected chi connectivity index (χ0v) is 15.5. The van der Waals surface area contributed by atoms with Gasteiger partial charge in [0, 0.05) is 16.7 Å². The number of carbonyl (C=O) groups is 2. The van der Waals surface area contributed by atoms with Gasteiger partial charge in [0.05, 0.1) is 0 Å². The highest BCUT2D eigenvalue weighted by atomic mass is 16.4. The Labute approximate surface area is 140 Å². The number of allylic oxidation sites excluding steroid dienone is 5. The molecule has 0 aromatic carbocycles. The van der Waals surface area contributed by atoms with Gasteiger partial charge in [0.15, 0.2) is 5.78 Å². The van der Waals surface area contributed by atoms with Crippen LogP contribution in [0.1, 0.15) is 67.7 Å². The maximum absolute atomic E-state index is 12.9. The fourth-order valence-corrected chi connectivity index (χ4v) is 2.65. The van der Waals surface area contributed by atoms with Gasteiger partial charge in [-0.25, -0.2) is 4.79 Å². The van der Waals surface area contributed by atoms with Crippen molar-refractivity contribution in [3.8, 4) is 0 Å². The van der Waals surface area contributed by atoms with Gasteiger partial charge < -0.3 is 5.11 Å². The van der Waals surface area contributed by atoms with E-state index in [1.807, 2.05) is 48.5 Å². The first-order valence-corrected chi connectivity index (χ1v) is 8.35. The number of hydrogen-bond donors (Lipinski definition) is 1. The predicted molar refractivity (Wildman–Crippen MR) is 94.3 cm³/mol. The second-order valence-electron chi connectivity index (χ2n) is 8.29. The molecule has 0 saturated heterocycles. The van der Waals surface area contributed by atoms with Crippen LogP contribution in [0.3, 0.4) is 0 Å². The Morgan fingerprint density at radius 1 is 1.00 bits per heavy atom. The number of aliphatic carboxylic acids is 1. The molecule has 0 atom stereocenters. The predicted octanol–water partition coefficient (Wildman–Crippen LogP) is 5.09. The SMILES string of the molecule is CCCCC(C(=O)O)=C1C=C(C(C)(C)C)C(=O)C(C(C)(C)C)=C1. The van der Waals surface area contributed by atoms with Gasteiger partial charge in [0.25, 0.3) is 0 Å². The molecule has 0 saturated carbocycles. The quantitative estimate of drug-likeness (QED) is 0.735. The minimum Gasteiger partial charge on any atom is -0.478 e. The topological polar surface area (TPSA) is 54.4 Å². The average Bonchev–Trinajstić information content (AvgIpc) is 2.37. The first-order valence-electron chi connectivity index (χ1n) is 8.35. The van der Waals surface area contributed by atoms with E-state index >= 15 is 0 Å². The highest BCUT2D eigenvalue weighted by Crippen LogP contribution is 2.39. The number of carboxylic acid groups (broad SMARTS) is 1. The van der Waals surface area contributed by atoms with Gasteiger partial charge in [-0.3, -0.25) is 4.79 Å². The summed E-state index contributed by atoms with van der Waals surface area (Å²) >= 11 is 0. The highest BCUT2D eigenvalue weighted by molar-refractivity contribution is 6.12. The van der Waals surface area contributed by atoms with Crippen molar-refractivity contribution in [1.82, 2.24) is 0 Å². The first kappa shape index (κ1) is 19.4. The first-order chi connectivity index (χ1) is 10.4. The van der Waals surface area contributed by atoms with Crippen LogP contribution in [0.5, 0.6) is 0 Å². The third kappa shape index (κ3) is 4.66. The number of ketones is 1. The van der Waals surface area contributed by atoms with Gasteiger partial charge in [-0.05, 0) is 41.4 Å². The normalized spacial score (nSPS) is 16.1. The molecule has 3 heteroatoms. The van der Waals surface area contributed by atoms with Crippen molar-refractivity contribution in [1.29, 1.82) is 0 Å².